The lowest BCUT2D eigenvalue weighted by Crippen LogP contribution is -2.48. The van der Waals surface area contributed by atoms with Gasteiger partial charge in [-0.15, -0.1) is 0 Å². The predicted molar refractivity (Wildman–Crippen MR) is 121 cm³/mol. The average Bonchev–Trinajstić information content (AvgIpc) is 2.80. The van der Waals surface area contributed by atoms with E-state index in [1.54, 1.807) is 19.2 Å². The van der Waals surface area contributed by atoms with Gasteiger partial charge < -0.3 is 19.7 Å². The second kappa shape index (κ2) is 11.5. The van der Waals surface area contributed by atoms with Crippen LogP contribution >= 0.6 is 0 Å². The molecule has 0 atom stereocenters. The molecule has 2 aromatic carbocycles. The number of hydrogen-bond acceptors (Lipinski definition) is 5. The summed E-state index contributed by atoms with van der Waals surface area (Å²) in [6.07, 6.45) is 2.06. The van der Waals surface area contributed by atoms with Crippen LogP contribution in [0.4, 0.5) is 5.69 Å². The molecule has 6 heteroatoms. The molecule has 162 valence electrons. The summed E-state index contributed by atoms with van der Waals surface area (Å²) in [4.78, 5) is 17.3. The fourth-order valence-electron chi connectivity index (χ4n) is 3.55. The molecular formula is C24H33N3O3. The molecule has 0 aromatic heterocycles. The second-order valence-electron chi connectivity index (χ2n) is 7.49. The summed E-state index contributed by atoms with van der Waals surface area (Å²) in [7, 11) is 1.60. The van der Waals surface area contributed by atoms with Gasteiger partial charge in [0, 0.05) is 50.5 Å². The van der Waals surface area contributed by atoms with Gasteiger partial charge in [-0.05, 0) is 36.8 Å². The highest BCUT2D eigenvalue weighted by Crippen LogP contribution is 2.28. The number of ether oxygens (including phenoxy) is 2. The molecule has 0 aliphatic carbocycles. The number of anilines is 1. The Morgan fingerprint density at radius 2 is 1.80 bits per heavy atom. The molecule has 0 bridgehead atoms. The molecule has 0 unspecified atom stereocenters. The number of carbonyl (C=O) groups excluding carboxylic acids is 1. The van der Waals surface area contributed by atoms with Crippen LogP contribution in [-0.4, -0.2) is 63.8 Å². The number of methoxy groups -OCH3 is 1. The van der Waals surface area contributed by atoms with Gasteiger partial charge in [0.2, 0.25) is 0 Å². The van der Waals surface area contributed by atoms with Crippen LogP contribution in [-0.2, 0) is 0 Å². The number of nitrogens with zero attached hydrogens (tertiary/aromatic N) is 2. The molecule has 1 amide bonds. The molecule has 0 radical (unpaired) electrons. The Morgan fingerprint density at radius 1 is 1.03 bits per heavy atom. The first kappa shape index (κ1) is 22.0. The number of rotatable bonds is 10. The van der Waals surface area contributed by atoms with Crippen LogP contribution in [0.2, 0.25) is 0 Å². The van der Waals surface area contributed by atoms with E-state index < -0.39 is 0 Å². The quantitative estimate of drug-likeness (QED) is 0.607. The summed E-state index contributed by atoms with van der Waals surface area (Å²) < 4.78 is 11.1. The minimum atomic E-state index is -0.0867. The molecule has 3 rings (SSSR count). The first-order valence-corrected chi connectivity index (χ1v) is 10.8. The van der Waals surface area contributed by atoms with E-state index in [0.29, 0.717) is 30.2 Å². The summed E-state index contributed by atoms with van der Waals surface area (Å²) in [6.45, 7) is 8.27. The van der Waals surface area contributed by atoms with Gasteiger partial charge in [-0.2, -0.15) is 0 Å². The van der Waals surface area contributed by atoms with Gasteiger partial charge in [0.15, 0.2) is 11.5 Å². The summed E-state index contributed by atoms with van der Waals surface area (Å²) in [6, 6.07) is 15.9. The van der Waals surface area contributed by atoms with Crippen molar-refractivity contribution in [1.29, 1.82) is 0 Å². The highest BCUT2D eigenvalue weighted by molar-refractivity contribution is 5.94. The van der Waals surface area contributed by atoms with Crippen molar-refractivity contribution in [2.45, 2.75) is 19.8 Å². The van der Waals surface area contributed by atoms with Crippen LogP contribution in [0.15, 0.2) is 48.5 Å². The van der Waals surface area contributed by atoms with Crippen molar-refractivity contribution in [2.75, 3.05) is 57.9 Å². The van der Waals surface area contributed by atoms with E-state index in [-0.39, 0.29) is 5.91 Å². The SMILES string of the molecule is CCCCOc1ccc(C(=O)NCCN2CCN(c3ccccc3)CC2)cc1OC. The number of piperazine rings is 1. The van der Waals surface area contributed by atoms with Crippen LogP contribution in [0, 0.1) is 0 Å². The maximum atomic E-state index is 12.5. The van der Waals surface area contributed by atoms with Gasteiger partial charge in [-0.3, -0.25) is 9.69 Å². The topological polar surface area (TPSA) is 54.0 Å². The maximum Gasteiger partial charge on any atom is 0.251 e. The molecule has 1 N–H and O–H groups in total. The van der Waals surface area contributed by atoms with Crippen LogP contribution < -0.4 is 19.7 Å². The van der Waals surface area contributed by atoms with Gasteiger partial charge in [0.1, 0.15) is 0 Å². The summed E-state index contributed by atoms with van der Waals surface area (Å²) >= 11 is 0. The summed E-state index contributed by atoms with van der Waals surface area (Å²) in [5, 5.41) is 3.02. The molecular weight excluding hydrogens is 378 g/mol. The van der Waals surface area contributed by atoms with Gasteiger partial charge in [-0.1, -0.05) is 31.5 Å². The molecule has 1 heterocycles. The Kier molecular flexibility index (Phi) is 8.39. The Bertz CT molecular complexity index is 790. The van der Waals surface area contributed by atoms with Crippen molar-refractivity contribution in [3.63, 3.8) is 0 Å². The largest absolute Gasteiger partial charge is 0.493 e. The average molecular weight is 412 g/mol. The summed E-state index contributed by atoms with van der Waals surface area (Å²) in [5.74, 6) is 1.19. The molecule has 1 fully saturated rings. The van der Waals surface area contributed by atoms with Crippen molar-refractivity contribution in [3.05, 3.63) is 54.1 Å². The minimum Gasteiger partial charge on any atom is -0.493 e. The molecule has 1 aliphatic rings. The van der Waals surface area contributed by atoms with Crippen LogP contribution in [0.1, 0.15) is 30.1 Å². The number of benzene rings is 2. The third-order valence-electron chi connectivity index (χ3n) is 5.39. The first-order chi connectivity index (χ1) is 14.7. The zero-order chi connectivity index (χ0) is 21.2. The highest BCUT2D eigenvalue weighted by atomic mass is 16.5. The fourth-order valence-corrected chi connectivity index (χ4v) is 3.55. The van der Waals surface area contributed by atoms with Crippen LogP contribution in [0.25, 0.3) is 0 Å². The van der Waals surface area contributed by atoms with Gasteiger partial charge >= 0.3 is 0 Å². The van der Waals surface area contributed by atoms with Crippen molar-refractivity contribution in [1.82, 2.24) is 10.2 Å². The van der Waals surface area contributed by atoms with Crippen LogP contribution in [0.3, 0.4) is 0 Å². The molecule has 0 saturated carbocycles. The van der Waals surface area contributed by atoms with Crippen molar-refractivity contribution in [3.8, 4) is 11.5 Å². The molecule has 6 nitrogen and oxygen atoms in total. The molecule has 2 aromatic rings. The van der Waals surface area contributed by atoms with E-state index in [1.807, 2.05) is 12.1 Å². The van der Waals surface area contributed by atoms with E-state index in [2.05, 4.69) is 46.3 Å². The predicted octanol–water partition coefficient (Wildman–Crippen LogP) is 3.43. The third kappa shape index (κ3) is 6.13. The number of amides is 1. The van der Waals surface area contributed by atoms with E-state index in [4.69, 9.17) is 9.47 Å². The minimum absolute atomic E-state index is 0.0867. The lowest BCUT2D eigenvalue weighted by molar-refractivity contribution is 0.0947. The Labute approximate surface area is 179 Å². The summed E-state index contributed by atoms with van der Waals surface area (Å²) in [5.41, 5.74) is 1.87. The maximum absolute atomic E-state index is 12.5. The number of unbranched alkanes of at least 4 members (excludes halogenated alkanes) is 1. The lowest BCUT2D eigenvalue weighted by atomic mass is 10.2. The third-order valence-corrected chi connectivity index (χ3v) is 5.39. The zero-order valence-corrected chi connectivity index (χ0v) is 18.1. The number of hydrogen-bond donors (Lipinski definition) is 1. The Hall–Kier alpha value is -2.73. The van der Waals surface area contributed by atoms with Crippen molar-refractivity contribution >= 4 is 11.6 Å². The smallest absolute Gasteiger partial charge is 0.251 e. The normalized spacial score (nSPS) is 14.4. The molecule has 1 aliphatic heterocycles. The first-order valence-electron chi connectivity index (χ1n) is 10.8. The Morgan fingerprint density at radius 3 is 2.50 bits per heavy atom. The lowest BCUT2D eigenvalue weighted by Gasteiger charge is -2.36. The standard InChI is InChI=1S/C24H33N3O3/c1-3-4-18-30-22-11-10-20(19-23(22)29-2)24(28)25-12-13-26-14-16-27(17-15-26)21-8-6-5-7-9-21/h5-11,19H,3-4,12-18H2,1-2H3,(H,25,28). The van der Waals surface area contributed by atoms with Gasteiger partial charge in [-0.25, -0.2) is 0 Å². The van der Waals surface area contributed by atoms with Crippen molar-refractivity contribution in [2.24, 2.45) is 0 Å². The molecule has 0 spiro atoms. The highest BCUT2D eigenvalue weighted by Gasteiger charge is 2.17. The van der Waals surface area contributed by atoms with Crippen LogP contribution in [0.5, 0.6) is 11.5 Å². The van der Waals surface area contributed by atoms with E-state index in [1.165, 1.54) is 5.69 Å². The van der Waals surface area contributed by atoms with Gasteiger partial charge in [0.05, 0.1) is 13.7 Å². The van der Waals surface area contributed by atoms with Gasteiger partial charge in [0.25, 0.3) is 5.91 Å². The molecule has 30 heavy (non-hydrogen) atoms. The second-order valence-corrected chi connectivity index (χ2v) is 7.49. The Balaban J connectivity index is 1.42. The fraction of sp³-hybridized carbons (Fsp3) is 0.458. The van der Waals surface area contributed by atoms with E-state index in [0.717, 1.165) is 45.6 Å². The number of carbonyl (C=O) groups is 1. The zero-order valence-electron chi connectivity index (χ0n) is 18.1. The molecule has 1 saturated heterocycles. The van der Waals surface area contributed by atoms with E-state index in [9.17, 15) is 4.79 Å². The van der Waals surface area contributed by atoms with E-state index >= 15 is 0 Å². The monoisotopic (exact) mass is 411 g/mol. The number of para-hydroxylation sites is 1. The number of nitrogens with one attached hydrogen (secondary N) is 1. The van der Waals surface area contributed by atoms with Crippen molar-refractivity contribution < 1.29 is 14.3 Å².